The van der Waals surface area contributed by atoms with Crippen LogP contribution in [0.25, 0.3) is 11.4 Å². The number of hydrogen-bond donors (Lipinski definition) is 2. The van der Waals surface area contributed by atoms with Gasteiger partial charge in [0.25, 0.3) is 0 Å². The molecule has 0 saturated carbocycles. The number of ketones is 1. The fraction of sp³-hybridized carbons (Fsp3) is 0.259. The summed E-state index contributed by atoms with van der Waals surface area (Å²) < 4.78 is 11.8. The Hall–Kier alpha value is -4.04. The molecule has 0 bridgehead atoms. The van der Waals surface area contributed by atoms with E-state index in [1.165, 1.54) is 6.92 Å². The third-order valence-corrected chi connectivity index (χ3v) is 5.82. The number of tetrazole rings is 1. The molecule has 0 radical (unpaired) electrons. The van der Waals surface area contributed by atoms with Crippen molar-refractivity contribution in [3.05, 3.63) is 88.5 Å². The lowest BCUT2D eigenvalue weighted by atomic mass is 9.98. The first-order chi connectivity index (χ1) is 17.0. The number of aromatic nitrogens is 4. The topological polar surface area (TPSA) is 110 Å². The second kappa shape index (κ2) is 10.9. The van der Waals surface area contributed by atoms with Crippen LogP contribution in [0, 0.1) is 0 Å². The minimum absolute atomic E-state index is 0.0122. The Bertz CT molecular complexity index is 1290. The molecule has 8 nitrogen and oxygen atoms in total. The molecule has 180 valence electrons. The lowest BCUT2D eigenvalue weighted by Crippen LogP contribution is -2.05. The molecule has 0 aliphatic rings. The molecule has 3 aromatic carbocycles. The van der Waals surface area contributed by atoms with Crippen LogP contribution in [-0.4, -0.2) is 38.6 Å². The zero-order valence-electron chi connectivity index (χ0n) is 20.0. The fourth-order valence-corrected chi connectivity index (χ4v) is 4.07. The van der Waals surface area contributed by atoms with Crippen molar-refractivity contribution in [2.75, 3.05) is 7.11 Å². The highest BCUT2D eigenvalue weighted by atomic mass is 16.5. The first-order valence-corrected chi connectivity index (χ1v) is 11.5. The Morgan fingerprint density at radius 1 is 1.09 bits per heavy atom. The number of nitrogens with zero attached hydrogens (tertiary/aromatic N) is 3. The number of aromatic hydroxyl groups is 1. The number of benzene rings is 3. The number of phenolic OH excluding ortho intramolecular Hbond substituents is 1. The van der Waals surface area contributed by atoms with Gasteiger partial charge in [0.15, 0.2) is 5.78 Å². The van der Waals surface area contributed by atoms with Crippen molar-refractivity contribution in [3.63, 3.8) is 0 Å². The molecule has 1 unspecified atom stereocenters. The molecule has 0 aliphatic heterocycles. The number of H-pyrrole nitrogens is 1. The molecule has 0 aliphatic carbocycles. The molecule has 8 heteroatoms. The van der Waals surface area contributed by atoms with E-state index in [1.54, 1.807) is 19.2 Å². The summed E-state index contributed by atoms with van der Waals surface area (Å²) in [7, 11) is 1.68. The van der Waals surface area contributed by atoms with Crippen molar-refractivity contribution in [1.82, 2.24) is 20.6 Å². The normalized spacial score (nSPS) is 11.9. The van der Waals surface area contributed by atoms with Crippen LogP contribution in [0.15, 0.2) is 60.7 Å². The fourth-order valence-electron chi connectivity index (χ4n) is 4.07. The highest BCUT2D eigenvalue weighted by molar-refractivity contribution is 5.97. The standard InChI is InChI=1S/C27H28N4O4/c1-4-6-23-24(14-13-22(17(2)32)25(23)33)35-16-18-9-11-19(12-10-18)26(34-3)20-7-5-8-21(15-20)27-28-30-31-29-27/h5,7-15,26,33H,4,6,16H2,1-3H3,(H,28,29,30,31). The van der Waals surface area contributed by atoms with Gasteiger partial charge in [0.1, 0.15) is 24.2 Å². The third-order valence-electron chi connectivity index (χ3n) is 5.82. The third kappa shape index (κ3) is 5.38. The van der Waals surface area contributed by atoms with E-state index in [4.69, 9.17) is 9.47 Å². The summed E-state index contributed by atoms with van der Waals surface area (Å²) in [5.74, 6) is 0.959. The minimum Gasteiger partial charge on any atom is -0.507 e. The van der Waals surface area contributed by atoms with E-state index < -0.39 is 0 Å². The van der Waals surface area contributed by atoms with Crippen LogP contribution in [0.1, 0.15) is 59.0 Å². The molecule has 4 aromatic rings. The van der Waals surface area contributed by atoms with E-state index in [9.17, 15) is 9.90 Å². The van der Waals surface area contributed by atoms with Gasteiger partial charge in [-0.3, -0.25) is 4.79 Å². The largest absolute Gasteiger partial charge is 0.507 e. The van der Waals surface area contributed by atoms with Crippen molar-refractivity contribution in [3.8, 4) is 22.9 Å². The van der Waals surface area contributed by atoms with Gasteiger partial charge in [0.05, 0.1) is 5.56 Å². The molecule has 1 atom stereocenters. The molecule has 1 aromatic heterocycles. The predicted molar refractivity (Wildman–Crippen MR) is 131 cm³/mol. The van der Waals surface area contributed by atoms with Crippen LogP contribution >= 0.6 is 0 Å². The summed E-state index contributed by atoms with van der Waals surface area (Å²) in [6.07, 6.45) is 1.19. The summed E-state index contributed by atoms with van der Waals surface area (Å²) >= 11 is 0. The maximum atomic E-state index is 11.8. The molecule has 1 heterocycles. The van der Waals surface area contributed by atoms with Gasteiger partial charge in [-0.1, -0.05) is 55.8 Å². The minimum atomic E-state index is -0.260. The number of Topliss-reactive ketones (excluding diaryl/α,β-unsaturated/α-hetero) is 1. The number of hydrogen-bond acceptors (Lipinski definition) is 7. The van der Waals surface area contributed by atoms with Gasteiger partial charge in [-0.25, -0.2) is 0 Å². The second-order valence-corrected chi connectivity index (χ2v) is 8.25. The number of nitrogens with one attached hydrogen (secondary N) is 1. The SMILES string of the molecule is CCCc1c(OCc2ccc(C(OC)c3cccc(-c4nn[nH]n4)c3)cc2)ccc(C(C)=O)c1O. The lowest BCUT2D eigenvalue weighted by Gasteiger charge is -2.18. The van der Waals surface area contributed by atoms with Gasteiger partial charge in [-0.2, -0.15) is 5.21 Å². The number of methoxy groups -OCH3 is 1. The number of ether oxygens (including phenoxy) is 2. The van der Waals surface area contributed by atoms with E-state index in [0.29, 0.717) is 35.7 Å². The van der Waals surface area contributed by atoms with Gasteiger partial charge >= 0.3 is 0 Å². The van der Waals surface area contributed by atoms with Crippen LogP contribution < -0.4 is 4.74 Å². The number of phenols is 1. The first kappa shape index (κ1) is 24.1. The van der Waals surface area contributed by atoms with Crippen molar-refractivity contribution < 1.29 is 19.4 Å². The maximum absolute atomic E-state index is 11.8. The van der Waals surface area contributed by atoms with Gasteiger partial charge in [0.2, 0.25) is 5.82 Å². The van der Waals surface area contributed by atoms with Crippen LogP contribution in [0.3, 0.4) is 0 Å². The summed E-state index contributed by atoms with van der Waals surface area (Å²) in [6, 6.07) is 19.2. The van der Waals surface area contributed by atoms with Crippen LogP contribution in [0.4, 0.5) is 0 Å². The second-order valence-electron chi connectivity index (χ2n) is 8.25. The molecule has 0 spiro atoms. The molecule has 0 saturated heterocycles. The monoisotopic (exact) mass is 472 g/mol. The van der Waals surface area contributed by atoms with Gasteiger partial charge < -0.3 is 14.6 Å². The van der Waals surface area contributed by atoms with E-state index in [1.807, 2.05) is 55.5 Å². The molecule has 35 heavy (non-hydrogen) atoms. The molecular weight excluding hydrogens is 444 g/mol. The maximum Gasteiger partial charge on any atom is 0.204 e. The van der Waals surface area contributed by atoms with Crippen molar-refractivity contribution in [2.45, 2.75) is 39.4 Å². The summed E-state index contributed by atoms with van der Waals surface area (Å²) in [6.45, 7) is 3.80. The zero-order chi connectivity index (χ0) is 24.8. The Morgan fingerprint density at radius 2 is 1.89 bits per heavy atom. The van der Waals surface area contributed by atoms with E-state index in [-0.39, 0.29) is 17.6 Å². The highest BCUT2D eigenvalue weighted by Gasteiger charge is 2.17. The molecule has 0 amide bonds. The summed E-state index contributed by atoms with van der Waals surface area (Å²) in [4.78, 5) is 11.8. The average Bonchev–Trinajstić information content (AvgIpc) is 3.41. The van der Waals surface area contributed by atoms with Crippen molar-refractivity contribution in [2.24, 2.45) is 0 Å². The number of carbonyl (C=O) groups is 1. The van der Waals surface area contributed by atoms with Crippen molar-refractivity contribution in [1.29, 1.82) is 0 Å². The van der Waals surface area contributed by atoms with Gasteiger partial charge in [-0.05, 0) is 53.4 Å². The number of carbonyl (C=O) groups excluding carboxylic acids is 1. The van der Waals surface area contributed by atoms with E-state index in [2.05, 4.69) is 20.6 Å². The average molecular weight is 473 g/mol. The Morgan fingerprint density at radius 3 is 2.54 bits per heavy atom. The Kier molecular flexibility index (Phi) is 7.52. The molecule has 0 fully saturated rings. The van der Waals surface area contributed by atoms with Crippen LogP contribution in [-0.2, 0) is 17.8 Å². The predicted octanol–water partition coefficient (Wildman–Crippen LogP) is 5.04. The lowest BCUT2D eigenvalue weighted by molar-refractivity contribution is 0.101. The van der Waals surface area contributed by atoms with Gasteiger partial charge in [0, 0.05) is 18.2 Å². The number of rotatable bonds is 10. The summed E-state index contributed by atoms with van der Waals surface area (Å²) in [5, 5.41) is 24.7. The number of aromatic amines is 1. The molecule has 4 rings (SSSR count). The summed E-state index contributed by atoms with van der Waals surface area (Å²) in [5.41, 5.74) is 4.78. The molecule has 2 N–H and O–H groups in total. The Labute approximate surface area is 203 Å². The zero-order valence-corrected chi connectivity index (χ0v) is 20.0. The smallest absolute Gasteiger partial charge is 0.204 e. The first-order valence-electron chi connectivity index (χ1n) is 11.5. The van der Waals surface area contributed by atoms with Crippen molar-refractivity contribution >= 4 is 5.78 Å². The van der Waals surface area contributed by atoms with E-state index >= 15 is 0 Å². The van der Waals surface area contributed by atoms with Crippen LogP contribution in [0.2, 0.25) is 0 Å². The van der Waals surface area contributed by atoms with Gasteiger partial charge in [-0.15, -0.1) is 10.2 Å². The highest BCUT2D eigenvalue weighted by Crippen LogP contribution is 2.34. The Balaban J connectivity index is 1.50. The quantitative estimate of drug-likeness (QED) is 0.311. The van der Waals surface area contributed by atoms with Crippen LogP contribution in [0.5, 0.6) is 11.5 Å². The van der Waals surface area contributed by atoms with E-state index in [0.717, 1.165) is 28.7 Å². The molecular formula is C27H28N4O4.